The second kappa shape index (κ2) is 6.82. The highest BCUT2D eigenvalue weighted by Crippen LogP contribution is 2.24. The molecule has 26 heavy (non-hydrogen) atoms. The van der Waals surface area contributed by atoms with Crippen LogP contribution in [-0.2, 0) is 24.3 Å². The Morgan fingerprint density at radius 3 is 2.58 bits per heavy atom. The van der Waals surface area contributed by atoms with E-state index in [-0.39, 0.29) is 19.0 Å². The molecule has 0 fully saturated rings. The van der Waals surface area contributed by atoms with Crippen LogP contribution in [0.3, 0.4) is 0 Å². The smallest absolute Gasteiger partial charge is 0.326 e. The molecule has 0 saturated heterocycles. The Bertz CT molecular complexity index is 808. The summed E-state index contributed by atoms with van der Waals surface area (Å²) in [6, 6.07) is 8.68. The number of carbonyl (C=O) groups is 2. The second-order valence-electron chi connectivity index (χ2n) is 7.62. The van der Waals surface area contributed by atoms with E-state index < -0.39 is 17.6 Å². The van der Waals surface area contributed by atoms with E-state index in [1.165, 1.54) is 4.90 Å². The summed E-state index contributed by atoms with van der Waals surface area (Å²) in [5.41, 5.74) is 2.31. The molecule has 1 unspecified atom stereocenters. The Morgan fingerprint density at radius 2 is 1.96 bits per heavy atom. The largest absolute Gasteiger partial charge is 0.480 e. The number of imidazole rings is 1. The zero-order valence-electron chi connectivity index (χ0n) is 15.3. The normalized spacial score (nSPS) is 16.9. The summed E-state index contributed by atoms with van der Waals surface area (Å²) in [6.07, 6.45) is 1.94. The molecule has 0 spiro atoms. The molecule has 2 heterocycles. The number of carboxylic acids is 1. The lowest BCUT2D eigenvalue weighted by Crippen LogP contribution is -2.56. The van der Waals surface area contributed by atoms with Crippen LogP contribution in [-0.4, -0.2) is 43.1 Å². The van der Waals surface area contributed by atoms with Crippen LogP contribution in [0.2, 0.25) is 0 Å². The van der Waals surface area contributed by atoms with Crippen LogP contribution in [0, 0.1) is 0 Å². The number of benzene rings is 1. The van der Waals surface area contributed by atoms with Crippen molar-refractivity contribution in [1.82, 2.24) is 19.8 Å². The Balaban J connectivity index is 1.87. The molecule has 1 aliphatic rings. The zero-order valence-corrected chi connectivity index (χ0v) is 15.3. The van der Waals surface area contributed by atoms with Gasteiger partial charge in [0.15, 0.2) is 0 Å². The summed E-state index contributed by atoms with van der Waals surface area (Å²) in [5.74, 6) is -1.02. The average molecular weight is 356 g/mol. The number of carboxylic acid groups (broad SMARTS) is 1. The quantitative estimate of drug-likeness (QED) is 0.883. The Morgan fingerprint density at radius 1 is 1.27 bits per heavy atom. The third kappa shape index (κ3) is 3.87. The van der Waals surface area contributed by atoms with E-state index >= 15 is 0 Å². The molecule has 7 nitrogen and oxygen atoms in total. The van der Waals surface area contributed by atoms with Gasteiger partial charge in [-0.05, 0) is 26.3 Å². The first-order valence-corrected chi connectivity index (χ1v) is 8.63. The van der Waals surface area contributed by atoms with Crippen LogP contribution in [0.1, 0.15) is 37.7 Å². The van der Waals surface area contributed by atoms with E-state index in [1.54, 1.807) is 6.33 Å². The number of nitrogens with zero attached hydrogens (tertiary/aromatic N) is 3. The fourth-order valence-corrected chi connectivity index (χ4v) is 3.11. The third-order valence-electron chi connectivity index (χ3n) is 4.34. The van der Waals surface area contributed by atoms with Crippen molar-refractivity contribution < 1.29 is 14.7 Å². The average Bonchev–Trinajstić information content (AvgIpc) is 2.95. The number of aromatic nitrogens is 2. The summed E-state index contributed by atoms with van der Waals surface area (Å²) < 4.78 is 1.99. The molecule has 3 rings (SSSR count). The fraction of sp³-hybridized carbons (Fsp3) is 0.421. The van der Waals surface area contributed by atoms with Crippen molar-refractivity contribution in [3.8, 4) is 0 Å². The maximum absolute atomic E-state index is 12.7. The maximum Gasteiger partial charge on any atom is 0.326 e. The SMILES string of the molecule is CC(C)(C)NC(=O)N1Cc2c(ncn2Cc2ccccc2)CC1C(=O)O. The van der Waals surface area contributed by atoms with E-state index in [4.69, 9.17) is 0 Å². The molecule has 7 heteroatoms. The summed E-state index contributed by atoms with van der Waals surface area (Å²) in [6.45, 7) is 6.47. The van der Waals surface area contributed by atoms with Crippen molar-refractivity contribution >= 4 is 12.0 Å². The summed E-state index contributed by atoms with van der Waals surface area (Å²) in [7, 11) is 0. The summed E-state index contributed by atoms with van der Waals surface area (Å²) in [4.78, 5) is 30.1. The number of fused-ring (bicyclic) bond motifs is 1. The number of hydrogen-bond donors (Lipinski definition) is 2. The molecule has 2 amide bonds. The van der Waals surface area contributed by atoms with Gasteiger partial charge in [0.2, 0.25) is 0 Å². The van der Waals surface area contributed by atoms with E-state index in [0.29, 0.717) is 6.54 Å². The van der Waals surface area contributed by atoms with Gasteiger partial charge in [-0.3, -0.25) is 0 Å². The van der Waals surface area contributed by atoms with E-state index in [0.717, 1.165) is 17.0 Å². The van der Waals surface area contributed by atoms with E-state index in [2.05, 4.69) is 10.3 Å². The number of nitrogens with one attached hydrogen (secondary N) is 1. The number of carbonyl (C=O) groups excluding carboxylic acids is 1. The molecule has 1 atom stereocenters. The zero-order chi connectivity index (χ0) is 18.9. The number of urea groups is 1. The van der Waals surface area contributed by atoms with E-state index in [1.807, 2.05) is 55.7 Å². The van der Waals surface area contributed by atoms with Crippen LogP contribution in [0.25, 0.3) is 0 Å². The second-order valence-corrected chi connectivity index (χ2v) is 7.62. The first kappa shape index (κ1) is 18.0. The predicted octanol–water partition coefficient (Wildman–Crippen LogP) is 2.25. The molecule has 1 aliphatic heterocycles. The summed E-state index contributed by atoms with van der Waals surface area (Å²) >= 11 is 0. The minimum atomic E-state index is -1.02. The van der Waals surface area contributed by atoms with E-state index in [9.17, 15) is 14.7 Å². The van der Waals surface area contributed by atoms with Gasteiger partial charge in [0.25, 0.3) is 0 Å². The van der Waals surface area contributed by atoms with Gasteiger partial charge in [-0.1, -0.05) is 30.3 Å². The lowest BCUT2D eigenvalue weighted by molar-refractivity contribution is -0.142. The predicted molar refractivity (Wildman–Crippen MR) is 96.7 cm³/mol. The van der Waals surface area contributed by atoms with Gasteiger partial charge in [0.05, 0.1) is 24.3 Å². The molecule has 0 saturated carbocycles. The van der Waals surface area contributed by atoms with Crippen molar-refractivity contribution in [3.63, 3.8) is 0 Å². The highest BCUT2D eigenvalue weighted by molar-refractivity contribution is 5.83. The van der Waals surface area contributed by atoms with Gasteiger partial charge in [-0.15, -0.1) is 0 Å². The molecule has 2 N–H and O–H groups in total. The number of aliphatic carboxylic acids is 1. The minimum absolute atomic E-state index is 0.212. The van der Waals surface area contributed by atoms with Crippen LogP contribution < -0.4 is 5.32 Å². The van der Waals surface area contributed by atoms with Gasteiger partial charge in [0.1, 0.15) is 6.04 Å². The highest BCUT2D eigenvalue weighted by atomic mass is 16.4. The highest BCUT2D eigenvalue weighted by Gasteiger charge is 2.37. The molecule has 0 radical (unpaired) electrons. The van der Waals surface area contributed by atoms with Crippen molar-refractivity contribution in [2.24, 2.45) is 0 Å². The molecule has 138 valence electrons. The summed E-state index contributed by atoms with van der Waals surface area (Å²) in [5, 5.41) is 12.4. The van der Waals surface area contributed by atoms with Gasteiger partial charge < -0.3 is 19.9 Å². The van der Waals surface area contributed by atoms with Gasteiger partial charge in [-0.25, -0.2) is 14.6 Å². The molecular formula is C19H24N4O3. The Kier molecular flexibility index (Phi) is 4.71. The van der Waals surface area contributed by atoms with Gasteiger partial charge >= 0.3 is 12.0 Å². The molecular weight excluding hydrogens is 332 g/mol. The fourth-order valence-electron chi connectivity index (χ4n) is 3.11. The lowest BCUT2D eigenvalue weighted by Gasteiger charge is -2.35. The molecule has 1 aromatic heterocycles. The maximum atomic E-state index is 12.7. The van der Waals surface area contributed by atoms with Crippen LogP contribution in [0.5, 0.6) is 0 Å². The lowest BCUT2D eigenvalue weighted by atomic mass is 10.0. The number of hydrogen-bond acceptors (Lipinski definition) is 3. The van der Waals surface area contributed by atoms with Crippen LogP contribution in [0.4, 0.5) is 4.79 Å². The molecule has 2 aromatic rings. The standard InChI is InChI=1S/C19H24N4O3/c1-19(2,3)21-18(26)23-11-16-14(9-15(23)17(24)25)20-12-22(16)10-13-7-5-4-6-8-13/h4-8,12,15H,9-11H2,1-3H3,(H,21,26)(H,24,25). The van der Waals surface area contributed by atoms with Gasteiger partial charge in [-0.2, -0.15) is 0 Å². The van der Waals surface area contributed by atoms with Crippen molar-refractivity contribution in [3.05, 3.63) is 53.6 Å². The monoisotopic (exact) mass is 356 g/mol. The van der Waals surface area contributed by atoms with Crippen molar-refractivity contribution in [1.29, 1.82) is 0 Å². The minimum Gasteiger partial charge on any atom is -0.480 e. The first-order chi connectivity index (χ1) is 12.2. The molecule has 0 aliphatic carbocycles. The van der Waals surface area contributed by atoms with Crippen LogP contribution in [0.15, 0.2) is 36.7 Å². The Hall–Kier alpha value is -2.83. The number of amides is 2. The Labute approximate surface area is 152 Å². The number of rotatable bonds is 3. The molecule has 0 bridgehead atoms. The first-order valence-electron chi connectivity index (χ1n) is 8.63. The topological polar surface area (TPSA) is 87.5 Å². The van der Waals surface area contributed by atoms with Crippen LogP contribution >= 0.6 is 0 Å². The van der Waals surface area contributed by atoms with Crippen molar-refractivity contribution in [2.75, 3.05) is 0 Å². The van der Waals surface area contributed by atoms with Crippen molar-refractivity contribution in [2.45, 2.75) is 51.9 Å². The van der Waals surface area contributed by atoms with Gasteiger partial charge in [0, 0.05) is 18.5 Å². The third-order valence-corrected chi connectivity index (χ3v) is 4.34. The molecule has 1 aromatic carbocycles.